The summed E-state index contributed by atoms with van der Waals surface area (Å²) in [6, 6.07) is 4.09. The van der Waals surface area contributed by atoms with Crippen LogP contribution in [-0.2, 0) is 14.9 Å². The van der Waals surface area contributed by atoms with Gasteiger partial charge in [0, 0.05) is 29.6 Å². The number of rotatable bonds is 4. The molecule has 0 aliphatic heterocycles. The van der Waals surface area contributed by atoms with Crippen LogP contribution in [0.3, 0.4) is 0 Å². The summed E-state index contributed by atoms with van der Waals surface area (Å²) in [5.74, 6) is -1.25. The standard InChI is InChI=1S/C10H11NO5S.Na/c1-3-9(12)11-7-5-4-6-8(10(7)13)16-17(2,14)15;/h3-6,13H,1H2,2H3,(H,11,12);. The molecule has 1 aromatic carbocycles. The van der Waals surface area contributed by atoms with Gasteiger partial charge in [-0.05, 0) is 18.2 Å². The second kappa shape index (κ2) is 6.79. The van der Waals surface area contributed by atoms with E-state index in [0.29, 0.717) is 0 Å². The van der Waals surface area contributed by atoms with E-state index < -0.39 is 21.8 Å². The number of carbonyl (C=O) groups excluding carboxylic acids is 1. The maximum Gasteiger partial charge on any atom is 0.306 e. The van der Waals surface area contributed by atoms with Crippen molar-refractivity contribution in [2.24, 2.45) is 0 Å². The van der Waals surface area contributed by atoms with Crippen molar-refractivity contribution >= 4 is 51.3 Å². The second-order valence-electron chi connectivity index (χ2n) is 3.13. The molecule has 8 heteroatoms. The number of hydrogen-bond acceptors (Lipinski definition) is 5. The predicted octanol–water partition coefficient (Wildman–Crippen LogP) is 0.474. The van der Waals surface area contributed by atoms with Crippen molar-refractivity contribution < 1.29 is 22.5 Å². The van der Waals surface area contributed by atoms with Crippen molar-refractivity contribution in [3.8, 4) is 11.5 Å². The van der Waals surface area contributed by atoms with Gasteiger partial charge in [-0.2, -0.15) is 8.42 Å². The van der Waals surface area contributed by atoms with E-state index >= 15 is 0 Å². The van der Waals surface area contributed by atoms with Gasteiger partial charge in [-0.1, -0.05) is 12.6 Å². The molecular formula is C10H11NNaO5S. The number of phenolic OH excluding ortho intramolecular Hbond substituents is 1. The quantitative estimate of drug-likeness (QED) is 0.362. The smallest absolute Gasteiger partial charge is 0.306 e. The molecule has 0 bridgehead atoms. The van der Waals surface area contributed by atoms with Crippen molar-refractivity contribution in [2.45, 2.75) is 0 Å². The first-order valence-electron chi connectivity index (χ1n) is 4.48. The molecule has 0 atom stereocenters. The number of hydrogen-bond donors (Lipinski definition) is 2. The average molecular weight is 280 g/mol. The topological polar surface area (TPSA) is 92.7 Å². The third-order valence-corrected chi connectivity index (χ3v) is 2.17. The molecule has 0 aliphatic carbocycles. The minimum absolute atomic E-state index is 0. The van der Waals surface area contributed by atoms with Gasteiger partial charge in [-0.25, -0.2) is 0 Å². The molecular weight excluding hydrogens is 269 g/mol. The van der Waals surface area contributed by atoms with Crippen molar-refractivity contribution in [2.75, 3.05) is 11.6 Å². The van der Waals surface area contributed by atoms with Crippen LogP contribution in [0.4, 0.5) is 5.69 Å². The van der Waals surface area contributed by atoms with Crippen LogP contribution in [0.5, 0.6) is 11.5 Å². The Kier molecular flexibility index (Phi) is 6.41. The van der Waals surface area contributed by atoms with E-state index in [9.17, 15) is 18.3 Å². The fraction of sp³-hybridized carbons (Fsp3) is 0.100. The van der Waals surface area contributed by atoms with E-state index in [1.807, 2.05) is 0 Å². The van der Waals surface area contributed by atoms with Crippen molar-refractivity contribution in [1.29, 1.82) is 0 Å². The summed E-state index contributed by atoms with van der Waals surface area (Å²) in [6.07, 6.45) is 1.87. The Balaban J connectivity index is 0.00000289. The molecule has 0 unspecified atom stereocenters. The fourth-order valence-corrected chi connectivity index (χ4v) is 1.50. The Labute approximate surface area is 127 Å². The Hall–Kier alpha value is -1.02. The first kappa shape index (κ1) is 17.0. The van der Waals surface area contributed by atoms with Crippen molar-refractivity contribution in [3.05, 3.63) is 30.9 Å². The van der Waals surface area contributed by atoms with E-state index in [-0.39, 0.29) is 41.0 Å². The van der Waals surface area contributed by atoms with E-state index in [4.69, 9.17) is 0 Å². The summed E-state index contributed by atoms with van der Waals surface area (Å²) in [6.45, 7) is 3.25. The molecule has 0 fully saturated rings. The number of nitrogens with one attached hydrogen (secondary N) is 1. The average Bonchev–Trinajstić information content (AvgIpc) is 2.22. The largest absolute Gasteiger partial charge is 0.503 e. The Morgan fingerprint density at radius 2 is 2.11 bits per heavy atom. The van der Waals surface area contributed by atoms with Gasteiger partial charge in [0.25, 0.3) is 0 Å². The van der Waals surface area contributed by atoms with Gasteiger partial charge in [0.15, 0.2) is 11.5 Å². The number of para-hydroxylation sites is 1. The SMILES string of the molecule is C=CC(=O)Nc1cccc(OS(C)(=O)=O)c1O.[Na]. The van der Waals surface area contributed by atoms with Crippen LogP contribution in [-0.4, -0.2) is 55.2 Å². The third-order valence-electron chi connectivity index (χ3n) is 1.68. The number of amides is 1. The summed E-state index contributed by atoms with van der Waals surface area (Å²) in [5, 5.41) is 12.0. The van der Waals surface area contributed by atoms with Gasteiger partial charge in [-0.3, -0.25) is 4.79 Å². The third kappa shape index (κ3) is 5.09. The molecule has 0 saturated carbocycles. The number of phenols is 1. The maximum atomic E-state index is 11.0. The van der Waals surface area contributed by atoms with Gasteiger partial charge in [0.2, 0.25) is 5.91 Å². The molecule has 0 heterocycles. The van der Waals surface area contributed by atoms with Gasteiger partial charge in [-0.15, -0.1) is 0 Å². The van der Waals surface area contributed by atoms with Crippen LogP contribution in [0, 0.1) is 0 Å². The number of carbonyl (C=O) groups is 1. The molecule has 6 nitrogen and oxygen atoms in total. The van der Waals surface area contributed by atoms with Crippen LogP contribution >= 0.6 is 0 Å². The maximum absolute atomic E-state index is 11.0. The number of anilines is 1. The van der Waals surface area contributed by atoms with E-state index in [2.05, 4.69) is 16.1 Å². The molecule has 93 valence electrons. The van der Waals surface area contributed by atoms with Gasteiger partial charge in [0.05, 0.1) is 11.9 Å². The summed E-state index contributed by atoms with van der Waals surface area (Å²) in [4.78, 5) is 11.0. The van der Waals surface area contributed by atoms with Gasteiger partial charge < -0.3 is 14.6 Å². The zero-order valence-electron chi connectivity index (χ0n) is 10.0. The Morgan fingerprint density at radius 1 is 1.50 bits per heavy atom. The van der Waals surface area contributed by atoms with Gasteiger partial charge in [0.1, 0.15) is 0 Å². The van der Waals surface area contributed by atoms with Gasteiger partial charge >= 0.3 is 10.1 Å². The van der Waals surface area contributed by atoms with Crippen LogP contribution in [0.25, 0.3) is 0 Å². The summed E-state index contributed by atoms with van der Waals surface area (Å²) < 4.78 is 26.3. The minimum atomic E-state index is -3.74. The predicted molar refractivity (Wildman–Crippen MR) is 68.2 cm³/mol. The van der Waals surface area contributed by atoms with E-state index in [0.717, 1.165) is 12.3 Å². The first-order valence-corrected chi connectivity index (χ1v) is 6.30. The fourth-order valence-electron chi connectivity index (χ4n) is 1.04. The van der Waals surface area contributed by atoms with Crippen molar-refractivity contribution in [3.63, 3.8) is 0 Å². The number of aromatic hydroxyl groups is 1. The molecule has 0 spiro atoms. The normalized spacial score (nSPS) is 10.1. The summed E-state index contributed by atoms with van der Waals surface area (Å²) in [5.41, 5.74) is 0.0380. The molecule has 1 amide bonds. The Morgan fingerprint density at radius 3 is 2.61 bits per heavy atom. The number of benzene rings is 1. The zero-order chi connectivity index (χ0) is 13.1. The van der Waals surface area contributed by atoms with Crippen LogP contribution in [0.1, 0.15) is 0 Å². The first-order chi connectivity index (χ1) is 7.83. The molecule has 0 saturated heterocycles. The molecule has 0 aliphatic rings. The van der Waals surface area contributed by atoms with Crippen molar-refractivity contribution in [1.82, 2.24) is 0 Å². The summed E-state index contributed by atoms with van der Waals surface area (Å²) in [7, 11) is -3.74. The van der Waals surface area contributed by atoms with Crippen LogP contribution in [0.15, 0.2) is 30.9 Å². The zero-order valence-corrected chi connectivity index (χ0v) is 12.8. The van der Waals surface area contributed by atoms with E-state index in [1.165, 1.54) is 18.2 Å². The van der Waals surface area contributed by atoms with E-state index in [1.54, 1.807) is 0 Å². The molecule has 18 heavy (non-hydrogen) atoms. The molecule has 1 aromatic rings. The monoisotopic (exact) mass is 280 g/mol. The second-order valence-corrected chi connectivity index (χ2v) is 4.71. The molecule has 0 aromatic heterocycles. The molecule has 2 N–H and O–H groups in total. The Bertz CT molecular complexity index is 555. The van der Waals surface area contributed by atoms with Crippen LogP contribution in [0.2, 0.25) is 0 Å². The summed E-state index contributed by atoms with van der Waals surface area (Å²) >= 11 is 0. The minimum Gasteiger partial charge on any atom is -0.503 e. The molecule has 1 radical (unpaired) electrons. The van der Waals surface area contributed by atoms with Crippen LogP contribution < -0.4 is 9.50 Å². The molecule has 1 rings (SSSR count).